The maximum Gasteiger partial charge on any atom is 0.336 e. The first-order chi connectivity index (χ1) is 5.78. The molecular weight excluding hydrogens is 246 g/mol. The SMILES string of the molecule is N.O=C(O)CC(O)(CC(=O)O)C(=O)O.[Ti]. The van der Waals surface area contributed by atoms with Gasteiger partial charge in [-0.15, -0.1) is 0 Å². The zero-order valence-electron chi connectivity index (χ0n) is 7.63. The van der Waals surface area contributed by atoms with E-state index in [-0.39, 0.29) is 27.9 Å². The van der Waals surface area contributed by atoms with Crippen LogP contribution in [0.2, 0.25) is 0 Å². The first-order valence-corrected chi connectivity index (χ1v) is 3.17. The van der Waals surface area contributed by atoms with Crippen molar-refractivity contribution in [3.05, 3.63) is 0 Å². The number of carboxylic acids is 3. The molecule has 0 aliphatic carbocycles. The molecule has 0 aromatic carbocycles. The van der Waals surface area contributed by atoms with E-state index in [0.717, 1.165) is 0 Å². The Morgan fingerprint density at radius 3 is 1.33 bits per heavy atom. The van der Waals surface area contributed by atoms with Crippen molar-refractivity contribution in [2.45, 2.75) is 18.4 Å². The topological polar surface area (TPSA) is 167 Å². The Kier molecular flexibility index (Phi) is 9.60. The molecule has 0 aromatic heterocycles. The Morgan fingerprint density at radius 1 is 0.933 bits per heavy atom. The van der Waals surface area contributed by atoms with E-state index >= 15 is 0 Å². The first-order valence-electron chi connectivity index (χ1n) is 3.17. The quantitative estimate of drug-likeness (QED) is 0.387. The standard InChI is InChI=1S/C6H8O7.H3N.Ti/c7-3(8)1-6(13,5(11)12)2-4(9)10;;/h13H,1-2H2,(H,7,8)(H,9,10)(H,11,12);1H3;. The maximum absolute atomic E-state index is 10.3. The van der Waals surface area contributed by atoms with Crippen LogP contribution in [0.4, 0.5) is 0 Å². The van der Waals surface area contributed by atoms with E-state index in [0.29, 0.717) is 0 Å². The van der Waals surface area contributed by atoms with Gasteiger partial charge >= 0.3 is 17.9 Å². The fraction of sp³-hybridized carbons (Fsp3) is 0.500. The number of hydrogen-bond acceptors (Lipinski definition) is 5. The van der Waals surface area contributed by atoms with Gasteiger partial charge in [-0.05, 0) is 0 Å². The summed E-state index contributed by atoms with van der Waals surface area (Å²) in [5.41, 5.74) is -2.74. The molecule has 0 saturated carbocycles. The van der Waals surface area contributed by atoms with Gasteiger partial charge in [0, 0.05) is 21.7 Å². The van der Waals surface area contributed by atoms with E-state index in [1.165, 1.54) is 0 Å². The smallest absolute Gasteiger partial charge is 0.336 e. The number of rotatable bonds is 5. The molecule has 0 radical (unpaired) electrons. The van der Waals surface area contributed by atoms with Gasteiger partial charge < -0.3 is 26.6 Å². The van der Waals surface area contributed by atoms with Gasteiger partial charge in [-0.1, -0.05) is 0 Å². The Hall–Kier alpha value is -0.956. The molecular formula is C6H11NO7Ti. The Labute approximate surface area is 99.4 Å². The third-order valence-corrected chi connectivity index (χ3v) is 1.29. The van der Waals surface area contributed by atoms with Gasteiger partial charge in [0.05, 0.1) is 12.8 Å². The predicted molar refractivity (Wildman–Crippen MR) is 42.1 cm³/mol. The fourth-order valence-corrected chi connectivity index (χ4v) is 0.714. The molecule has 9 heteroatoms. The van der Waals surface area contributed by atoms with Gasteiger partial charge in [-0.3, -0.25) is 9.59 Å². The van der Waals surface area contributed by atoms with Crippen molar-refractivity contribution in [3.63, 3.8) is 0 Å². The summed E-state index contributed by atoms with van der Waals surface area (Å²) in [5.74, 6) is -5.02. The molecule has 0 heterocycles. The Morgan fingerprint density at radius 2 is 1.20 bits per heavy atom. The van der Waals surface area contributed by atoms with Gasteiger partial charge in [-0.2, -0.15) is 0 Å². The molecule has 0 bridgehead atoms. The third-order valence-electron chi connectivity index (χ3n) is 1.29. The largest absolute Gasteiger partial charge is 0.481 e. The number of aliphatic hydroxyl groups is 1. The van der Waals surface area contributed by atoms with Gasteiger partial charge in [0.1, 0.15) is 0 Å². The van der Waals surface area contributed by atoms with Crippen LogP contribution in [0.5, 0.6) is 0 Å². The van der Waals surface area contributed by atoms with Crippen LogP contribution in [0.15, 0.2) is 0 Å². The molecule has 0 aliphatic heterocycles. The summed E-state index contributed by atoms with van der Waals surface area (Å²) in [6.45, 7) is 0. The van der Waals surface area contributed by atoms with Gasteiger partial charge in [0.2, 0.25) is 0 Å². The molecule has 15 heavy (non-hydrogen) atoms. The molecule has 0 atom stereocenters. The molecule has 0 spiro atoms. The minimum absolute atomic E-state index is 0. The van der Waals surface area contributed by atoms with Crippen molar-refractivity contribution in [1.82, 2.24) is 6.15 Å². The molecule has 0 saturated heterocycles. The van der Waals surface area contributed by atoms with E-state index < -0.39 is 36.4 Å². The molecule has 8 nitrogen and oxygen atoms in total. The second-order valence-electron chi connectivity index (χ2n) is 2.48. The summed E-state index contributed by atoms with van der Waals surface area (Å²) in [6, 6.07) is 0. The summed E-state index contributed by atoms with van der Waals surface area (Å²) in [6.07, 6.45) is -2.29. The Bertz CT molecular complexity index is 238. The molecule has 0 aliphatic rings. The summed E-state index contributed by atoms with van der Waals surface area (Å²) < 4.78 is 0. The van der Waals surface area contributed by atoms with Gasteiger partial charge in [0.25, 0.3) is 0 Å². The van der Waals surface area contributed by atoms with Gasteiger partial charge in [-0.25, -0.2) is 4.79 Å². The van der Waals surface area contributed by atoms with Crippen molar-refractivity contribution in [1.29, 1.82) is 0 Å². The van der Waals surface area contributed by atoms with Crippen LogP contribution >= 0.6 is 0 Å². The molecule has 86 valence electrons. The van der Waals surface area contributed by atoms with Gasteiger partial charge in [0.15, 0.2) is 5.60 Å². The molecule has 0 aromatic rings. The van der Waals surface area contributed by atoms with Crippen molar-refractivity contribution in [2.24, 2.45) is 0 Å². The van der Waals surface area contributed by atoms with Crippen molar-refractivity contribution >= 4 is 17.9 Å². The summed E-state index contributed by atoms with van der Waals surface area (Å²) >= 11 is 0. The van der Waals surface area contributed by atoms with Crippen LogP contribution < -0.4 is 6.15 Å². The van der Waals surface area contributed by atoms with Crippen molar-refractivity contribution in [3.8, 4) is 0 Å². The van der Waals surface area contributed by atoms with Crippen LogP contribution in [-0.2, 0) is 36.1 Å². The number of carbonyl (C=O) groups is 3. The van der Waals surface area contributed by atoms with Crippen molar-refractivity contribution in [2.75, 3.05) is 0 Å². The third kappa shape index (κ3) is 7.03. The van der Waals surface area contributed by atoms with Crippen LogP contribution in [0.25, 0.3) is 0 Å². The molecule has 0 fully saturated rings. The average molecular weight is 257 g/mol. The normalized spacial score (nSPS) is 9.40. The van der Waals surface area contributed by atoms with Crippen LogP contribution in [-0.4, -0.2) is 43.9 Å². The molecule has 7 N–H and O–H groups in total. The molecule has 0 amide bonds. The van der Waals surface area contributed by atoms with E-state index in [4.69, 9.17) is 20.4 Å². The minimum Gasteiger partial charge on any atom is -0.481 e. The van der Waals surface area contributed by atoms with Crippen LogP contribution in [0.1, 0.15) is 12.8 Å². The Balaban J connectivity index is -0.000000720. The minimum atomic E-state index is -2.74. The molecule has 0 unspecified atom stereocenters. The summed E-state index contributed by atoms with van der Waals surface area (Å²) in [5, 5.41) is 33.8. The fourth-order valence-electron chi connectivity index (χ4n) is 0.714. The average Bonchev–Trinajstić information content (AvgIpc) is 1.82. The number of hydrogen-bond donors (Lipinski definition) is 5. The summed E-state index contributed by atoms with van der Waals surface area (Å²) in [7, 11) is 0. The summed E-state index contributed by atoms with van der Waals surface area (Å²) in [4.78, 5) is 30.5. The number of carboxylic acid groups (broad SMARTS) is 3. The maximum atomic E-state index is 10.3. The van der Waals surface area contributed by atoms with E-state index in [1.807, 2.05) is 0 Å². The van der Waals surface area contributed by atoms with Crippen LogP contribution in [0.3, 0.4) is 0 Å². The van der Waals surface area contributed by atoms with E-state index in [1.54, 1.807) is 0 Å². The second-order valence-corrected chi connectivity index (χ2v) is 2.48. The zero-order valence-corrected chi connectivity index (χ0v) is 9.20. The van der Waals surface area contributed by atoms with Crippen LogP contribution in [0, 0.1) is 0 Å². The predicted octanol–water partition coefficient (Wildman–Crippen LogP) is -1.09. The van der Waals surface area contributed by atoms with E-state index in [2.05, 4.69) is 0 Å². The van der Waals surface area contributed by atoms with Crippen molar-refractivity contribution < 1.29 is 56.5 Å². The van der Waals surface area contributed by atoms with E-state index in [9.17, 15) is 14.4 Å². The number of aliphatic carboxylic acids is 3. The monoisotopic (exact) mass is 257 g/mol. The first kappa shape index (κ1) is 19.6. The molecule has 0 rings (SSSR count). The zero-order chi connectivity index (χ0) is 10.6. The second kappa shape index (κ2) is 7.35.